The highest BCUT2D eigenvalue weighted by Crippen LogP contribution is 2.23. The maximum absolute atomic E-state index is 5.76. The van der Waals surface area contributed by atoms with E-state index in [1.165, 1.54) is 19.2 Å². The minimum absolute atomic E-state index is 0.624. The molecule has 0 radical (unpaired) electrons. The van der Waals surface area contributed by atoms with Crippen LogP contribution in [0.15, 0.2) is 24.5 Å². The van der Waals surface area contributed by atoms with Crippen molar-refractivity contribution in [3.8, 4) is 5.88 Å². The zero-order chi connectivity index (χ0) is 12.1. The van der Waals surface area contributed by atoms with Gasteiger partial charge in [-0.15, -0.1) is 0 Å². The van der Waals surface area contributed by atoms with Gasteiger partial charge in [0, 0.05) is 5.69 Å². The molecule has 0 amide bonds. The summed E-state index contributed by atoms with van der Waals surface area (Å²) >= 11 is 0. The van der Waals surface area contributed by atoms with Gasteiger partial charge in [-0.25, -0.2) is 9.97 Å². The molecule has 90 valence electrons. The van der Waals surface area contributed by atoms with Gasteiger partial charge < -0.3 is 10.5 Å². The molecule has 1 aromatic carbocycles. The molecule has 2 rings (SSSR count). The third-order valence-electron chi connectivity index (χ3n) is 2.61. The molecule has 4 heteroatoms. The summed E-state index contributed by atoms with van der Waals surface area (Å²) in [7, 11) is 0. The molecule has 0 spiro atoms. The second-order valence-corrected chi connectivity index (χ2v) is 4.01. The van der Waals surface area contributed by atoms with Crippen molar-refractivity contribution < 1.29 is 4.74 Å². The molecular formula is C13H17N3O. The quantitative estimate of drug-likeness (QED) is 0.635. The van der Waals surface area contributed by atoms with Crippen molar-refractivity contribution in [2.75, 3.05) is 12.3 Å². The van der Waals surface area contributed by atoms with E-state index < -0.39 is 0 Å². The summed E-state index contributed by atoms with van der Waals surface area (Å²) < 4.78 is 5.67. The van der Waals surface area contributed by atoms with Crippen molar-refractivity contribution in [1.82, 2.24) is 9.97 Å². The normalized spacial score (nSPS) is 10.6. The standard InChI is InChI=1S/C13H17N3O/c1-2-3-4-7-17-13-11-8-10(14)5-6-12(11)15-9-16-13/h5-6,8-9H,2-4,7,14H2,1H3. The van der Waals surface area contributed by atoms with E-state index in [0.717, 1.165) is 17.3 Å². The Morgan fingerprint density at radius 1 is 1.24 bits per heavy atom. The Hall–Kier alpha value is -1.84. The molecule has 0 saturated carbocycles. The fourth-order valence-electron chi connectivity index (χ4n) is 1.69. The lowest BCUT2D eigenvalue weighted by Gasteiger charge is -2.07. The van der Waals surface area contributed by atoms with Gasteiger partial charge in [0.2, 0.25) is 5.88 Å². The van der Waals surface area contributed by atoms with Crippen LogP contribution in [0.4, 0.5) is 5.69 Å². The monoisotopic (exact) mass is 231 g/mol. The third-order valence-corrected chi connectivity index (χ3v) is 2.61. The number of hydrogen-bond acceptors (Lipinski definition) is 4. The van der Waals surface area contributed by atoms with Gasteiger partial charge in [-0.2, -0.15) is 0 Å². The van der Waals surface area contributed by atoms with Gasteiger partial charge in [-0.3, -0.25) is 0 Å². The zero-order valence-corrected chi connectivity index (χ0v) is 10.0. The lowest BCUT2D eigenvalue weighted by Crippen LogP contribution is -2.00. The first-order valence-corrected chi connectivity index (χ1v) is 5.94. The largest absolute Gasteiger partial charge is 0.477 e. The average Bonchev–Trinajstić information content (AvgIpc) is 2.35. The van der Waals surface area contributed by atoms with E-state index in [-0.39, 0.29) is 0 Å². The van der Waals surface area contributed by atoms with E-state index >= 15 is 0 Å². The van der Waals surface area contributed by atoms with Gasteiger partial charge in [0.1, 0.15) is 6.33 Å². The first kappa shape index (κ1) is 11.6. The van der Waals surface area contributed by atoms with Gasteiger partial charge in [0.25, 0.3) is 0 Å². The number of aromatic nitrogens is 2. The minimum Gasteiger partial charge on any atom is -0.477 e. The molecule has 0 atom stereocenters. The first-order chi connectivity index (χ1) is 8.31. The highest BCUT2D eigenvalue weighted by Gasteiger charge is 2.04. The second kappa shape index (κ2) is 5.48. The minimum atomic E-state index is 0.624. The third kappa shape index (κ3) is 2.84. The van der Waals surface area contributed by atoms with E-state index in [9.17, 15) is 0 Å². The Bertz CT molecular complexity index is 499. The van der Waals surface area contributed by atoms with Gasteiger partial charge in [-0.05, 0) is 24.6 Å². The molecule has 4 nitrogen and oxygen atoms in total. The molecule has 0 aliphatic carbocycles. The van der Waals surface area contributed by atoms with Crippen molar-refractivity contribution in [2.45, 2.75) is 26.2 Å². The average molecular weight is 231 g/mol. The van der Waals surface area contributed by atoms with Gasteiger partial charge in [-0.1, -0.05) is 19.8 Å². The summed E-state index contributed by atoms with van der Waals surface area (Å²) in [5.74, 6) is 0.624. The van der Waals surface area contributed by atoms with E-state index in [2.05, 4.69) is 16.9 Å². The number of hydrogen-bond donors (Lipinski definition) is 1. The number of unbranched alkanes of at least 4 members (excludes halogenated alkanes) is 2. The molecule has 0 aliphatic heterocycles. The van der Waals surface area contributed by atoms with Crippen LogP contribution in [0, 0.1) is 0 Å². The number of nitrogens with two attached hydrogens (primary N) is 1. The van der Waals surface area contributed by atoms with Gasteiger partial charge in [0.05, 0.1) is 17.5 Å². The summed E-state index contributed by atoms with van der Waals surface area (Å²) in [4.78, 5) is 8.34. The fraction of sp³-hybridized carbons (Fsp3) is 0.385. The number of fused-ring (bicyclic) bond motifs is 1. The molecule has 2 aromatic rings. The van der Waals surface area contributed by atoms with Crippen molar-refractivity contribution >= 4 is 16.6 Å². The van der Waals surface area contributed by atoms with Crippen LogP contribution in [-0.4, -0.2) is 16.6 Å². The molecule has 2 N–H and O–H groups in total. The number of ether oxygens (including phenoxy) is 1. The molecule has 17 heavy (non-hydrogen) atoms. The second-order valence-electron chi connectivity index (χ2n) is 4.01. The molecular weight excluding hydrogens is 214 g/mol. The van der Waals surface area contributed by atoms with Crippen LogP contribution in [0.5, 0.6) is 5.88 Å². The summed E-state index contributed by atoms with van der Waals surface area (Å²) in [5.41, 5.74) is 7.32. The molecule has 1 aromatic heterocycles. The van der Waals surface area contributed by atoms with E-state index in [0.29, 0.717) is 18.2 Å². The summed E-state index contributed by atoms with van der Waals surface area (Å²) in [6.07, 6.45) is 4.92. The Balaban J connectivity index is 2.18. The van der Waals surface area contributed by atoms with Gasteiger partial charge in [0.15, 0.2) is 0 Å². The van der Waals surface area contributed by atoms with Crippen LogP contribution in [0.1, 0.15) is 26.2 Å². The topological polar surface area (TPSA) is 61.0 Å². The molecule has 0 aliphatic rings. The predicted octanol–water partition coefficient (Wildman–Crippen LogP) is 2.78. The zero-order valence-electron chi connectivity index (χ0n) is 10.0. The Morgan fingerprint density at radius 2 is 2.12 bits per heavy atom. The van der Waals surface area contributed by atoms with Crippen molar-refractivity contribution in [3.05, 3.63) is 24.5 Å². The Morgan fingerprint density at radius 3 is 2.94 bits per heavy atom. The van der Waals surface area contributed by atoms with Crippen LogP contribution in [-0.2, 0) is 0 Å². The van der Waals surface area contributed by atoms with E-state index in [1.807, 2.05) is 18.2 Å². The fourth-order valence-corrected chi connectivity index (χ4v) is 1.69. The van der Waals surface area contributed by atoms with Crippen LogP contribution >= 0.6 is 0 Å². The van der Waals surface area contributed by atoms with Crippen LogP contribution in [0.3, 0.4) is 0 Å². The molecule has 0 fully saturated rings. The highest BCUT2D eigenvalue weighted by molar-refractivity contribution is 5.86. The Labute approximate surface area is 101 Å². The lowest BCUT2D eigenvalue weighted by atomic mass is 10.2. The molecule has 0 saturated heterocycles. The number of anilines is 1. The number of nitrogen functional groups attached to an aromatic ring is 1. The van der Waals surface area contributed by atoms with Crippen molar-refractivity contribution in [3.63, 3.8) is 0 Å². The maximum Gasteiger partial charge on any atom is 0.224 e. The number of rotatable bonds is 5. The molecule has 1 heterocycles. The summed E-state index contributed by atoms with van der Waals surface area (Å²) in [5, 5.41) is 0.879. The summed E-state index contributed by atoms with van der Waals surface area (Å²) in [6, 6.07) is 5.56. The molecule has 0 unspecified atom stereocenters. The van der Waals surface area contributed by atoms with Crippen LogP contribution in [0.25, 0.3) is 10.9 Å². The summed E-state index contributed by atoms with van der Waals surface area (Å²) in [6.45, 7) is 2.86. The van der Waals surface area contributed by atoms with Crippen LogP contribution < -0.4 is 10.5 Å². The lowest BCUT2D eigenvalue weighted by molar-refractivity contribution is 0.298. The SMILES string of the molecule is CCCCCOc1ncnc2ccc(N)cc12. The molecule has 0 bridgehead atoms. The van der Waals surface area contributed by atoms with E-state index in [4.69, 9.17) is 10.5 Å². The van der Waals surface area contributed by atoms with Crippen molar-refractivity contribution in [2.24, 2.45) is 0 Å². The van der Waals surface area contributed by atoms with Gasteiger partial charge >= 0.3 is 0 Å². The van der Waals surface area contributed by atoms with Crippen molar-refractivity contribution in [1.29, 1.82) is 0 Å². The smallest absolute Gasteiger partial charge is 0.224 e. The predicted molar refractivity (Wildman–Crippen MR) is 69.0 cm³/mol. The van der Waals surface area contributed by atoms with E-state index in [1.54, 1.807) is 0 Å². The van der Waals surface area contributed by atoms with Crippen LogP contribution in [0.2, 0.25) is 0 Å². The maximum atomic E-state index is 5.76. The Kier molecular flexibility index (Phi) is 3.75. The number of benzene rings is 1. The first-order valence-electron chi connectivity index (χ1n) is 5.94. The number of nitrogens with zero attached hydrogens (tertiary/aromatic N) is 2. The highest BCUT2D eigenvalue weighted by atomic mass is 16.5.